The average Bonchev–Trinajstić information content (AvgIpc) is 3.01. The first-order valence-corrected chi connectivity index (χ1v) is 8.67. The fraction of sp³-hybridized carbons (Fsp3) is 0.500. The van der Waals surface area contributed by atoms with Gasteiger partial charge in [-0.3, -0.25) is 4.79 Å². The Kier molecular flexibility index (Phi) is 5.61. The highest BCUT2D eigenvalue weighted by Gasteiger charge is 2.25. The number of hydrogen-bond donors (Lipinski definition) is 1. The second kappa shape index (κ2) is 7.90. The molecule has 8 heteroatoms. The lowest BCUT2D eigenvalue weighted by Crippen LogP contribution is -2.38. The normalized spacial score (nSPS) is 20.2. The molecule has 1 fully saturated rings. The molecule has 0 radical (unpaired) electrons. The molecule has 140 valence electrons. The first kappa shape index (κ1) is 18.4. The summed E-state index contributed by atoms with van der Waals surface area (Å²) in [6, 6.07) is 3.53. The van der Waals surface area contributed by atoms with Gasteiger partial charge in [0.15, 0.2) is 17.3 Å². The number of carbonyl (C=O) groups is 1. The van der Waals surface area contributed by atoms with E-state index in [-0.39, 0.29) is 17.6 Å². The summed E-state index contributed by atoms with van der Waals surface area (Å²) >= 11 is 0. The van der Waals surface area contributed by atoms with Crippen LogP contribution in [0, 0.1) is 24.5 Å². The molecule has 1 aromatic carbocycles. The molecule has 26 heavy (non-hydrogen) atoms. The van der Waals surface area contributed by atoms with Crippen molar-refractivity contribution in [3.05, 3.63) is 41.2 Å². The Hall–Kier alpha value is -2.35. The van der Waals surface area contributed by atoms with Gasteiger partial charge in [-0.1, -0.05) is 5.21 Å². The molecule has 1 heterocycles. The summed E-state index contributed by atoms with van der Waals surface area (Å²) in [7, 11) is 1.70. The molecule has 1 saturated carbocycles. The second-order valence-electron chi connectivity index (χ2n) is 6.68. The van der Waals surface area contributed by atoms with Crippen LogP contribution in [0.15, 0.2) is 18.2 Å². The van der Waals surface area contributed by atoms with E-state index in [4.69, 9.17) is 4.74 Å². The van der Waals surface area contributed by atoms with Gasteiger partial charge >= 0.3 is 0 Å². The van der Waals surface area contributed by atoms with Crippen molar-refractivity contribution < 1.29 is 18.3 Å². The number of ether oxygens (including phenoxy) is 1. The molecule has 0 bridgehead atoms. The number of hydrogen-bond acceptors (Lipinski definition) is 4. The zero-order valence-corrected chi connectivity index (χ0v) is 14.8. The van der Waals surface area contributed by atoms with Gasteiger partial charge in [0.2, 0.25) is 0 Å². The first-order valence-electron chi connectivity index (χ1n) is 8.67. The predicted molar refractivity (Wildman–Crippen MR) is 91.1 cm³/mol. The summed E-state index contributed by atoms with van der Waals surface area (Å²) in [5.74, 6) is -1.67. The smallest absolute Gasteiger partial charge is 0.273 e. The Morgan fingerprint density at radius 1 is 1.27 bits per heavy atom. The highest BCUT2D eigenvalue weighted by molar-refractivity contribution is 5.93. The molecule has 1 aliphatic carbocycles. The van der Waals surface area contributed by atoms with E-state index in [1.54, 1.807) is 14.0 Å². The van der Waals surface area contributed by atoms with Gasteiger partial charge in [0.1, 0.15) is 0 Å². The average molecular weight is 364 g/mol. The quantitative estimate of drug-likeness (QED) is 0.886. The summed E-state index contributed by atoms with van der Waals surface area (Å²) in [6.07, 6.45) is 3.82. The summed E-state index contributed by atoms with van der Waals surface area (Å²) in [5.41, 5.74) is 0.975. The Bertz CT molecular complexity index is 785. The van der Waals surface area contributed by atoms with E-state index in [9.17, 15) is 13.6 Å². The lowest BCUT2D eigenvalue weighted by Gasteiger charge is -2.28. The fourth-order valence-electron chi connectivity index (χ4n) is 3.36. The number of amides is 1. The number of nitrogens with one attached hydrogen (secondary N) is 1. The molecule has 0 atom stereocenters. The van der Waals surface area contributed by atoms with E-state index >= 15 is 0 Å². The topological polar surface area (TPSA) is 69.0 Å². The van der Waals surface area contributed by atoms with Crippen LogP contribution in [-0.4, -0.2) is 40.7 Å². The maximum absolute atomic E-state index is 13.4. The van der Waals surface area contributed by atoms with Crippen molar-refractivity contribution in [1.82, 2.24) is 20.3 Å². The zero-order valence-electron chi connectivity index (χ0n) is 14.8. The summed E-state index contributed by atoms with van der Waals surface area (Å²) in [4.78, 5) is 12.5. The highest BCUT2D eigenvalue weighted by atomic mass is 19.2. The van der Waals surface area contributed by atoms with Crippen molar-refractivity contribution in [3.63, 3.8) is 0 Å². The molecule has 1 aromatic heterocycles. The van der Waals surface area contributed by atoms with Gasteiger partial charge in [-0.25, -0.2) is 13.5 Å². The zero-order chi connectivity index (χ0) is 18.7. The van der Waals surface area contributed by atoms with Gasteiger partial charge in [0, 0.05) is 25.8 Å². The molecule has 6 nitrogen and oxygen atoms in total. The van der Waals surface area contributed by atoms with Crippen LogP contribution >= 0.6 is 0 Å². The molecule has 0 aliphatic heterocycles. The molecule has 0 saturated heterocycles. The van der Waals surface area contributed by atoms with Crippen molar-refractivity contribution >= 4 is 5.91 Å². The Morgan fingerprint density at radius 2 is 2.00 bits per heavy atom. The Balaban J connectivity index is 1.67. The molecule has 1 N–H and O–H groups in total. The molecule has 1 amide bonds. The van der Waals surface area contributed by atoms with Gasteiger partial charge in [0.05, 0.1) is 11.4 Å². The Labute approximate surface area is 150 Å². The highest BCUT2D eigenvalue weighted by Crippen LogP contribution is 2.25. The molecule has 0 unspecified atom stereocenters. The van der Waals surface area contributed by atoms with E-state index in [1.807, 2.05) is 0 Å². The predicted octanol–water partition coefficient (Wildman–Crippen LogP) is 2.79. The van der Waals surface area contributed by atoms with Gasteiger partial charge in [0.25, 0.3) is 5.91 Å². The third-order valence-corrected chi connectivity index (χ3v) is 4.84. The monoisotopic (exact) mass is 364 g/mol. The van der Waals surface area contributed by atoms with Crippen molar-refractivity contribution in [2.24, 2.45) is 5.92 Å². The number of benzene rings is 1. The number of methoxy groups -OCH3 is 1. The van der Waals surface area contributed by atoms with Crippen LogP contribution in [-0.2, 0) is 4.74 Å². The Morgan fingerprint density at radius 3 is 2.65 bits per heavy atom. The van der Waals surface area contributed by atoms with Crippen LogP contribution in [0.3, 0.4) is 0 Å². The largest absolute Gasteiger partial charge is 0.384 e. The minimum atomic E-state index is -0.976. The third kappa shape index (κ3) is 3.90. The second-order valence-corrected chi connectivity index (χ2v) is 6.68. The third-order valence-electron chi connectivity index (χ3n) is 4.84. The van der Waals surface area contributed by atoms with Crippen LogP contribution in [0.4, 0.5) is 8.78 Å². The van der Waals surface area contributed by atoms with E-state index in [1.165, 1.54) is 10.7 Å². The summed E-state index contributed by atoms with van der Waals surface area (Å²) < 4.78 is 33.0. The molecule has 3 rings (SSSR count). The standard InChI is InChI=1S/C18H22F2N4O2/c1-11-17(18(25)21-13-5-3-12(4-6-13)10-26-2)22-23-24(11)14-7-8-15(19)16(20)9-14/h7-9,12-13H,3-6,10H2,1-2H3,(H,21,25). The first-order chi connectivity index (χ1) is 12.5. The van der Waals surface area contributed by atoms with E-state index < -0.39 is 11.6 Å². The van der Waals surface area contributed by atoms with Crippen LogP contribution in [0.25, 0.3) is 5.69 Å². The molecular formula is C18H22F2N4O2. The fourth-order valence-corrected chi connectivity index (χ4v) is 3.36. The molecular weight excluding hydrogens is 342 g/mol. The minimum absolute atomic E-state index is 0.100. The van der Waals surface area contributed by atoms with Gasteiger partial charge in [-0.15, -0.1) is 5.10 Å². The molecule has 2 aromatic rings. The van der Waals surface area contributed by atoms with E-state index in [0.717, 1.165) is 44.4 Å². The van der Waals surface area contributed by atoms with Crippen LogP contribution < -0.4 is 5.32 Å². The van der Waals surface area contributed by atoms with Gasteiger partial charge in [-0.05, 0) is 50.7 Å². The van der Waals surface area contributed by atoms with E-state index in [0.29, 0.717) is 17.3 Å². The number of rotatable bonds is 5. The van der Waals surface area contributed by atoms with Crippen molar-refractivity contribution in [2.45, 2.75) is 38.6 Å². The maximum atomic E-state index is 13.4. The lowest BCUT2D eigenvalue weighted by atomic mass is 9.86. The maximum Gasteiger partial charge on any atom is 0.273 e. The molecule has 1 aliphatic rings. The number of aromatic nitrogens is 3. The van der Waals surface area contributed by atoms with Crippen LogP contribution in [0.5, 0.6) is 0 Å². The van der Waals surface area contributed by atoms with Gasteiger partial charge < -0.3 is 10.1 Å². The van der Waals surface area contributed by atoms with Gasteiger partial charge in [-0.2, -0.15) is 0 Å². The lowest BCUT2D eigenvalue weighted by molar-refractivity contribution is 0.0893. The number of carbonyl (C=O) groups excluding carboxylic acids is 1. The summed E-state index contributed by atoms with van der Waals surface area (Å²) in [6.45, 7) is 2.42. The van der Waals surface area contributed by atoms with Crippen molar-refractivity contribution in [3.8, 4) is 5.69 Å². The van der Waals surface area contributed by atoms with Crippen LogP contribution in [0.1, 0.15) is 41.9 Å². The number of nitrogens with zero attached hydrogens (tertiary/aromatic N) is 3. The van der Waals surface area contributed by atoms with Crippen LogP contribution in [0.2, 0.25) is 0 Å². The molecule has 0 spiro atoms. The van der Waals surface area contributed by atoms with E-state index in [2.05, 4.69) is 15.6 Å². The SMILES string of the molecule is COCC1CCC(NC(=O)c2nnn(-c3ccc(F)c(F)c3)c2C)CC1. The van der Waals surface area contributed by atoms with Crippen molar-refractivity contribution in [1.29, 1.82) is 0 Å². The number of halogens is 2. The van der Waals surface area contributed by atoms with Crippen molar-refractivity contribution in [2.75, 3.05) is 13.7 Å². The summed E-state index contributed by atoms with van der Waals surface area (Å²) in [5, 5.41) is 10.8. The minimum Gasteiger partial charge on any atom is -0.384 e.